The molecule has 4 heteroatoms. The molecule has 0 saturated carbocycles. The highest BCUT2D eigenvalue weighted by Crippen LogP contribution is 2.25. The maximum atomic E-state index is 5.95. The minimum Gasteiger partial charge on any atom is -0.488 e. The van der Waals surface area contributed by atoms with E-state index < -0.39 is 0 Å². The van der Waals surface area contributed by atoms with Gasteiger partial charge in [0, 0.05) is 25.4 Å². The highest BCUT2D eigenvalue weighted by molar-refractivity contribution is 5.43. The lowest BCUT2D eigenvalue weighted by molar-refractivity contribution is 0.301. The number of hydrogen-bond donors (Lipinski definition) is 1. The average molecular weight is 273 g/mol. The molecule has 20 heavy (non-hydrogen) atoms. The Morgan fingerprint density at radius 3 is 2.45 bits per heavy atom. The molecular formula is C16H23N3O. The summed E-state index contributed by atoms with van der Waals surface area (Å²) in [6, 6.07) is 4.38. The summed E-state index contributed by atoms with van der Waals surface area (Å²) in [5.41, 5.74) is 4.75. The summed E-state index contributed by atoms with van der Waals surface area (Å²) in [7, 11) is 1.91. The standard InChI is InChI=1S/C16H23N3O/c1-5-17-8-14-6-12(2)16(13(3)7-14)20-11-15-9-18-19(4)10-15/h6-7,9-10,17H,5,8,11H2,1-4H3. The normalized spacial score (nSPS) is 10.8. The lowest BCUT2D eigenvalue weighted by atomic mass is 10.1. The molecule has 2 rings (SSSR count). The molecule has 1 aromatic heterocycles. The highest BCUT2D eigenvalue weighted by atomic mass is 16.5. The van der Waals surface area contributed by atoms with Crippen LogP contribution in [0.4, 0.5) is 0 Å². The van der Waals surface area contributed by atoms with Crippen LogP contribution in [0.5, 0.6) is 5.75 Å². The molecule has 0 aliphatic heterocycles. The Hall–Kier alpha value is -1.81. The Labute approximate surface area is 120 Å². The van der Waals surface area contributed by atoms with E-state index in [0.717, 1.165) is 24.4 Å². The van der Waals surface area contributed by atoms with Crippen molar-refractivity contribution in [1.29, 1.82) is 0 Å². The SMILES string of the molecule is CCNCc1cc(C)c(OCc2cnn(C)c2)c(C)c1. The van der Waals surface area contributed by atoms with Crippen molar-refractivity contribution in [3.63, 3.8) is 0 Å². The first kappa shape index (κ1) is 14.6. The number of ether oxygens (including phenoxy) is 1. The quantitative estimate of drug-likeness (QED) is 0.879. The van der Waals surface area contributed by atoms with E-state index in [1.54, 1.807) is 4.68 Å². The van der Waals surface area contributed by atoms with Gasteiger partial charge < -0.3 is 10.1 Å². The topological polar surface area (TPSA) is 39.1 Å². The molecule has 0 unspecified atom stereocenters. The zero-order chi connectivity index (χ0) is 14.5. The minimum absolute atomic E-state index is 0.558. The Bertz CT molecular complexity index is 552. The zero-order valence-corrected chi connectivity index (χ0v) is 12.7. The van der Waals surface area contributed by atoms with Gasteiger partial charge in [-0.3, -0.25) is 4.68 Å². The van der Waals surface area contributed by atoms with E-state index in [1.807, 2.05) is 19.4 Å². The number of nitrogens with one attached hydrogen (secondary N) is 1. The van der Waals surface area contributed by atoms with Gasteiger partial charge in [0.1, 0.15) is 12.4 Å². The van der Waals surface area contributed by atoms with Crippen LogP contribution in [0.25, 0.3) is 0 Å². The maximum absolute atomic E-state index is 5.95. The van der Waals surface area contributed by atoms with Gasteiger partial charge in [-0.15, -0.1) is 0 Å². The van der Waals surface area contributed by atoms with E-state index in [0.29, 0.717) is 6.61 Å². The Balaban J connectivity index is 2.07. The number of aromatic nitrogens is 2. The summed E-state index contributed by atoms with van der Waals surface area (Å²) in [5, 5.41) is 7.50. The third kappa shape index (κ3) is 3.61. The molecule has 0 aliphatic rings. The molecule has 2 aromatic rings. The first-order valence-electron chi connectivity index (χ1n) is 7.01. The molecule has 1 heterocycles. The summed E-state index contributed by atoms with van der Waals surface area (Å²) < 4.78 is 7.74. The number of benzene rings is 1. The Kier molecular flexibility index (Phi) is 4.79. The van der Waals surface area contributed by atoms with Gasteiger partial charge in [-0.2, -0.15) is 5.10 Å². The largest absolute Gasteiger partial charge is 0.488 e. The second-order valence-corrected chi connectivity index (χ2v) is 5.15. The molecule has 0 fully saturated rings. The maximum Gasteiger partial charge on any atom is 0.125 e. The number of aryl methyl sites for hydroxylation is 3. The third-order valence-corrected chi connectivity index (χ3v) is 3.24. The monoisotopic (exact) mass is 273 g/mol. The van der Waals surface area contributed by atoms with Crippen LogP contribution in [0.2, 0.25) is 0 Å². The average Bonchev–Trinajstić information content (AvgIpc) is 2.81. The number of nitrogens with zero attached hydrogens (tertiary/aromatic N) is 2. The van der Waals surface area contributed by atoms with Crippen molar-refractivity contribution in [3.05, 3.63) is 46.8 Å². The lowest BCUT2D eigenvalue weighted by Crippen LogP contribution is -2.12. The molecular weight excluding hydrogens is 250 g/mol. The van der Waals surface area contributed by atoms with Gasteiger partial charge in [0.25, 0.3) is 0 Å². The fraction of sp³-hybridized carbons (Fsp3) is 0.438. The van der Waals surface area contributed by atoms with Crippen LogP contribution in [0.15, 0.2) is 24.5 Å². The van der Waals surface area contributed by atoms with Crippen molar-refractivity contribution in [1.82, 2.24) is 15.1 Å². The minimum atomic E-state index is 0.558. The van der Waals surface area contributed by atoms with Gasteiger partial charge in [-0.1, -0.05) is 19.1 Å². The molecule has 0 spiro atoms. The second kappa shape index (κ2) is 6.57. The molecule has 1 N–H and O–H groups in total. The van der Waals surface area contributed by atoms with Crippen molar-refractivity contribution in [2.75, 3.05) is 6.54 Å². The molecule has 108 valence electrons. The van der Waals surface area contributed by atoms with E-state index in [2.05, 4.69) is 43.3 Å². The van der Waals surface area contributed by atoms with Crippen LogP contribution in [0, 0.1) is 13.8 Å². The van der Waals surface area contributed by atoms with Crippen LogP contribution in [0.1, 0.15) is 29.2 Å². The molecule has 0 saturated heterocycles. The molecule has 1 aromatic carbocycles. The molecule has 4 nitrogen and oxygen atoms in total. The van der Waals surface area contributed by atoms with Crippen LogP contribution in [0.3, 0.4) is 0 Å². The van der Waals surface area contributed by atoms with E-state index in [1.165, 1.54) is 16.7 Å². The predicted molar refractivity (Wildman–Crippen MR) is 80.8 cm³/mol. The van der Waals surface area contributed by atoms with Gasteiger partial charge in [0.05, 0.1) is 6.20 Å². The summed E-state index contributed by atoms with van der Waals surface area (Å²) in [4.78, 5) is 0. The summed E-state index contributed by atoms with van der Waals surface area (Å²) in [6.07, 6.45) is 3.81. The van der Waals surface area contributed by atoms with Gasteiger partial charge in [0.2, 0.25) is 0 Å². The first-order valence-corrected chi connectivity index (χ1v) is 7.01. The Morgan fingerprint density at radius 2 is 1.90 bits per heavy atom. The fourth-order valence-corrected chi connectivity index (χ4v) is 2.34. The van der Waals surface area contributed by atoms with E-state index in [9.17, 15) is 0 Å². The van der Waals surface area contributed by atoms with Crippen molar-refractivity contribution >= 4 is 0 Å². The van der Waals surface area contributed by atoms with Gasteiger partial charge in [-0.05, 0) is 37.1 Å². The molecule has 0 aliphatic carbocycles. The lowest BCUT2D eigenvalue weighted by Gasteiger charge is -2.14. The van der Waals surface area contributed by atoms with Gasteiger partial charge >= 0.3 is 0 Å². The second-order valence-electron chi connectivity index (χ2n) is 5.15. The van der Waals surface area contributed by atoms with Gasteiger partial charge in [-0.25, -0.2) is 0 Å². The van der Waals surface area contributed by atoms with Gasteiger partial charge in [0.15, 0.2) is 0 Å². The molecule has 0 amide bonds. The van der Waals surface area contributed by atoms with Crippen LogP contribution in [-0.4, -0.2) is 16.3 Å². The van der Waals surface area contributed by atoms with Crippen molar-refractivity contribution < 1.29 is 4.74 Å². The smallest absolute Gasteiger partial charge is 0.125 e. The molecule has 0 radical (unpaired) electrons. The highest BCUT2D eigenvalue weighted by Gasteiger charge is 2.07. The first-order chi connectivity index (χ1) is 9.60. The zero-order valence-electron chi connectivity index (χ0n) is 12.7. The van der Waals surface area contributed by atoms with Crippen LogP contribution >= 0.6 is 0 Å². The van der Waals surface area contributed by atoms with E-state index in [4.69, 9.17) is 4.74 Å². The fourth-order valence-electron chi connectivity index (χ4n) is 2.34. The summed E-state index contributed by atoms with van der Waals surface area (Å²) in [6.45, 7) is 8.76. The van der Waals surface area contributed by atoms with Crippen molar-refractivity contribution in [3.8, 4) is 5.75 Å². The predicted octanol–water partition coefficient (Wildman–Crippen LogP) is 2.73. The number of hydrogen-bond acceptors (Lipinski definition) is 3. The van der Waals surface area contributed by atoms with Crippen molar-refractivity contribution in [2.24, 2.45) is 7.05 Å². The number of rotatable bonds is 6. The summed E-state index contributed by atoms with van der Waals surface area (Å²) >= 11 is 0. The van der Waals surface area contributed by atoms with E-state index in [-0.39, 0.29) is 0 Å². The molecule has 0 bridgehead atoms. The van der Waals surface area contributed by atoms with E-state index >= 15 is 0 Å². The van der Waals surface area contributed by atoms with Crippen molar-refractivity contribution in [2.45, 2.75) is 33.9 Å². The molecule has 0 atom stereocenters. The van der Waals surface area contributed by atoms with Crippen LogP contribution < -0.4 is 10.1 Å². The van der Waals surface area contributed by atoms with Crippen LogP contribution in [-0.2, 0) is 20.2 Å². The third-order valence-electron chi connectivity index (χ3n) is 3.24. The Morgan fingerprint density at radius 1 is 1.20 bits per heavy atom. The summed E-state index contributed by atoms with van der Waals surface area (Å²) in [5.74, 6) is 0.981.